The summed E-state index contributed by atoms with van der Waals surface area (Å²) < 4.78 is 5.76. The van der Waals surface area contributed by atoms with Gasteiger partial charge >= 0.3 is 5.97 Å². The van der Waals surface area contributed by atoms with E-state index in [0.29, 0.717) is 12.4 Å². The Morgan fingerprint density at radius 1 is 1.04 bits per heavy atom. The Bertz CT molecular complexity index is 776. The number of carboxylic acids is 1. The molecule has 6 nitrogen and oxygen atoms in total. The predicted molar refractivity (Wildman–Crippen MR) is 106 cm³/mol. The molecule has 3 N–H and O–H groups in total. The Hall–Kier alpha value is -2.86. The maximum Gasteiger partial charge on any atom is 0.326 e. The van der Waals surface area contributed by atoms with Crippen molar-refractivity contribution in [2.75, 3.05) is 0 Å². The Balaban J connectivity index is 1.98. The average Bonchev–Trinajstić information content (AvgIpc) is 2.66. The topological polar surface area (TPSA) is 95.9 Å². The average molecular weight is 385 g/mol. The number of aliphatic carboxylic acids is 1. The largest absolute Gasteiger partial charge is 0.489 e. The van der Waals surface area contributed by atoms with Crippen molar-refractivity contribution < 1.29 is 24.5 Å². The second-order valence-electron chi connectivity index (χ2n) is 7.17. The Morgan fingerprint density at radius 3 is 2.36 bits per heavy atom. The Morgan fingerprint density at radius 2 is 1.71 bits per heavy atom. The number of aliphatic hydroxyl groups excluding tert-OH is 1. The minimum absolute atomic E-state index is 0.0952. The van der Waals surface area contributed by atoms with Gasteiger partial charge < -0.3 is 20.3 Å². The number of amides is 1. The van der Waals surface area contributed by atoms with Crippen molar-refractivity contribution in [1.82, 2.24) is 5.32 Å². The Labute approximate surface area is 165 Å². The summed E-state index contributed by atoms with van der Waals surface area (Å²) in [5.41, 5.74) is 1.75. The van der Waals surface area contributed by atoms with E-state index >= 15 is 0 Å². The highest BCUT2D eigenvalue weighted by Crippen LogP contribution is 2.17. The lowest BCUT2D eigenvalue weighted by molar-refractivity contribution is -0.143. The molecule has 28 heavy (non-hydrogen) atoms. The third-order valence-corrected chi connectivity index (χ3v) is 4.20. The highest BCUT2D eigenvalue weighted by Gasteiger charge is 2.24. The summed E-state index contributed by atoms with van der Waals surface area (Å²) in [5.74, 6) is -1.07. The van der Waals surface area contributed by atoms with Gasteiger partial charge in [0.05, 0.1) is 0 Å². The van der Waals surface area contributed by atoms with Crippen molar-refractivity contribution in [3.05, 3.63) is 65.7 Å². The van der Waals surface area contributed by atoms with Gasteiger partial charge in [0.2, 0.25) is 5.91 Å². The first-order valence-corrected chi connectivity index (χ1v) is 9.32. The smallest absolute Gasteiger partial charge is 0.326 e. The summed E-state index contributed by atoms with van der Waals surface area (Å²) in [7, 11) is 0. The first-order chi connectivity index (χ1) is 13.3. The molecular weight excluding hydrogens is 358 g/mol. The number of carbonyl (C=O) groups excluding carboxylic acids is 1. The zero-order valence-corrected chi connectivity index (χ0v) is 16.2. The minimum Gasteiger partial charge on any atom is -0.489 e. The van der Waals surface area contributed by atoms with E-state index in [1.807, 2.05) is 44.2 Å². The highest BCUT2D eigenvalue weighted by atomic mass is 16.5. The summed E-state index contributed by atoms with van der Waals surface area (Å²) in [6.45, 7) is 4.17. The van der Waals surface area contributed by atoms with Gasteiger partial charge in [0.25, 0.3) is 0 Å². The quantitative estimate of drug-likeness (QED) is 0.584. The zero-order valence-electron chi connectivity index (χ0n) is 16.2. The molecule has 0 unspecified atom stereocenters. The Kier molecular flexibility index (Phi) is 8.02. The molecule has 0 aliphatic rings. The van der Waals surface area contributed by atoms with Crippen molar-refractivity contribution in [2.45, 2.75) is 45.4 Å². The van der Waals surface area contributed by atoms with Crippen LogP contribution in [0.25, 0.3) is 0 Å². The maximum absolute atomic E-state index is 12.1. The lowest BCUT2D eigenvalue weighted by Gasteiger charge is -2.18. The van der Waals surface area contributed by atoms with E-state index in [-0.39, 0.29) is 18.8 Å². The fourth-order valence-corrected chi connectivity index (χ4v) is 2.76. The second kappa shape index (κ2) is 10.5. The maximum atomic E-state index is 12.1. The number of nitrogens with one attached hydrogen (secondary N) is 1. The molecule has 0 radical (unpaired) electrons. The molecule has 0 aliphatic carbocycles. The van der Waals surface area contributed by atoms with Gasteiger partial charge in [0.15, 0.2) is 0 Å². The van der Waals surface area contributed by atoms with Gasteiger partial charge in [-0.15, -0.1) is 0 Å². The number of hydrogen-bond donors (Lipinski definition) is 3. The van der Waals surface area contributed by atoms with E-state index in [9.17, 15) is 19.8 Å². The monoisotopic (exact) mass is 385 g/mol. The third kappa shape index (κ3) is 7.04. The van der Waals surface area contributed by atoms with Crippen LogP contribution in [0.15, 0.2) is 54.6 Å². The van der Waals surface area contributed by atoms with Crippen molar-refractivity contribution in [2.24, 2.45) is 5.92 Å². The predicted octanol–water partition coefficient (Wildman–Crippen LogP) is 2.78. The molecule has 2 atom stereocenters. The summed E-state index contributed by atoms with van der Waals surface area (Å²) in [6.07, 6.45) is -0.846. The van der Waals surface area contributed by atoms with E-state index in [1.54, 1.807) is 24.3 Å². The molecule has 0 saturated carbocycles. The number of aliphatic hydroxyl groups is 1. The van der Waals surface area contributed by atoms with Crippen LogP contribution in [0, 0.1) is 5.92 Å². The molecule has 6 heteroatoms. The van der Waals surface area contributed by atoms with Crippen LogP contribution in [0.1, 0.15) is 31.4 Å². The van der Waals surface area contributed by atoms with E-state index < -0.39 is 24.0 Å². The van der Waals surface area contributed by atoms with Gasteiger partial charge in [-0.2, -0.15) is 0 Å². The zero-order chi connectivity index (χ0) is 20.5. The van der Waals surface area contributed by atoms with Crippen LogP contribution in [-0.2, 0) is 22.6 Å². The summed E-state index contributed by atoms with van der Waals surface area (Å²) in [4.78, 5) is 23.6. The van der Waals surface area contributed by atoms with E-state index in [1.165, 1.54) is 0 Å². The number of benzene rings is 2. The van der Waals surface area contributed by atoms with E-state index in [2.05, 4.69) is 5.32 Å². The summed E-state index contributed by atoms with van der Waals surface area (Å²) in [6, 6.07) is 15.7. The highest BCUT2D eigenvalue weighted by molar-refractivity contribution is 5.86. The lowest BCUT2D eigenvalue weighted by Crippen LogP contribution is -2.46. The van der Waals surface area contributed by atoms with Crippen LogP contribution < -0.4 is 10.1 Å². The molecule has 150 valence electrons. The molecule has 1 amide bonds. The number of hydrogen-bond acceptors (Lipinski definition) is 4. The van der Waals surface area contributed by atoms with Gasteiger partial charge in [0, 0.05) is 6.42 Å². The van der Waals surface area contributed by atoms with Crippen LogP contribution in [0.4, 0.5) is 0 Å². The van der Waals surface area contributed by atoms with Crippen molar-refractivity contribution in [3.8, 4) is 5.75 Å². The third-order valence-electron chi connectivity index (χ3n) is 4.20. The van der Waals surface area contributed by atoms with E-state index in [4.69, 9.17) is 4.74 Å². The summed E-state index contributed by atoms with van der Waals surface area (Å²) in [5, 5.41) is 21.7. The van der Waals surface area contributed by atoms with Crippen LogP contribution in [0.3, 0.4) is 0 Å². The minimum atomic E-state index is -1.22. The molecular formula is C22H27NO5. The molecule has 0 fully saturated rings. The molecule has 0 spiro atoms. The molecule has 0 aliphatic heterocycles. The molecule has 2 aromatic carbocycles. The van der Waals surface area contributed by atoms with Crippen LogP contribution in [0.5, 0.6) is 5.75 Å². The van der Waals surface area contributed by atoms with Crippen LogP contribution in [-0.4, -0.2) is 34.2 Å². The molecule has 2 rings (SSSR count). The standard InChI is InChI=1S/C22H27NO5/c1-15(2)11-20(24)21(25)23-19(22(26)27)13-17-9-6-10-18(12-17)28-14-16-7-4-3-5-8-16/h3-10,12,15,19-20,24H,11,13-14H2,1-2H3,(H,23,25)(H,26,27)/t19-,20+/m1/s1. The van der Waals surface area contributed by atoms with E-state index in [0.717, 1.165) is 11.1 Å². The SMILES string of the molecule is CC(C)C[C@H](O)C(=O)N[C@H](Cc1cccc(OCc2ccccc2)c1)C(=O)O. The van der Waals surface area contributed by atoms with Crippen molar-refractivity contribution in [3.63, 3.8) is 0 Å². The van der Waals surface area contributed by atoms with Gasteiger partial charge in [0.1, 0.15) is 24.5 Å². The molecule has 0 heterocycles. The number of carbonyl (C=O) groups is 2. The molecule has 2 aromatic rings. The fraction of sp³-hybridized carbons (Fsp3) is 0.364. The lowest BCUT2D eigenvalue weighted by atomic mass is 10.0. The molecule has 0 bridgehead atoms. The number of ether oxygens (including phenoxy) is 1. The fourth-order valence-electron chi connectivity index (χ4n) is 2.76. The van der Waals surface area contributed by atoms with Crippen LogP contribution >= 0.6 is 0 Å². The van der Waals surface area contributed by atoms with Gasteiger partial charge in [-0.3, -0.25) is 4.79 Å². The van der Waals surface area contributed by atoms with Crippen LogP contribution in [0.2, 0.25) is 0 Å². The summed E-state index contributed by atoms with van der Waals surface area (Å²) >= 11 is 0. The first-order valence-electron chi connectivity index (χ1n) is 9.32. The first kappa shape index (κ1) is 21.4. The number of carboxylic acid groups (broad SMARTS) is 1. The number of rotatable bonds is 10. The molecule has 0 aromatic heterocycles. The normalized spacial score (nSPS) is 13.0. The molecule has 0 saturated heterocycles. The van der Waals surface area contributed by atoms with Gasteiger partial charge in [-0.05, 0) is 35.6 Å². The van der Waals surface area contributed by atoms with Gasteiger partial charge in [-0.1, -0.05) is 56.3 Å². The van der Waals surface area contributed by atoms with Crippen molar-refractivity contribution in [1.29, 1.82) is 0 Å². The van der Waals surface area contributed by atoms with Gasteiger partial charge in [-0.25, -0.2) is 4.79 Å². The second-order valence-corrected chi connectivity index (χ2v) is 7.17. The van der Waals surface area contributed by atoms with Crippen molar-refractivity contribution >= 4 is 11.9 Å².